The SMILES string of the molecule is CN1CCN(Cc2ccc(C(=O)Nc3sc(-c4ccnc(F)c4)nc3C(=O)O)cc2)CC1. The third-order valence-electron chi connectivity index (χ3n) is 5.25. The maximum Gasteiger partial charge on any atom is 0.357 e. The zero-order valence-electron chi connectivity index (χ0n) is 17.4. The number of halogens is 1. The van der Waals surface area contributed by atoms with Gasteiger partial charge < -0.3 is 15.3 Å². The maximum atomic E-state index is 13.4. The number of benzene rings is 1. The van der Waals surface area contributed by atoms with Gasteiger partial charge >= 0.3 is 5.97 Å². The van der Waals surface area contributed by atoms with Crippen molar-refractivity contribution in [3.63, 3.8) is 0 Å². The lowest BCUT2D eigenvalue weighted by molar-refractivity contribution is 0.0692. The Morgan fingerprint density at radius 2 is 1.88 bits per heavy atom. The molecule has 2 N–H and O–H groups in total. The maximum absolute atomic E-state index is 13.4. The molecule has 32 heavy (non-hydrogen) atoms. The van der Waals surface area contributed by atoms with Crippen molar-refractivity contribution in [2.45, 2.75) is 6.54 Å². The molecule has 1 aromatic carbocycles. The number of aromatic nitrogens is 2. The second-order valence-corrected chi connectivity index (χ2v) is 8.60. The minimum Gasteiger partial charge on any atom is -0.476 e. The summed E-state index contributed by atoms with van der Waals surface area (Å²) < 4.78 is 13.4. The number of likely N-dealkylation sites (N-methyl/N-ethyl adjacent to an activating group) is 1. The number of hydrogen-bond acceptors (Lipinski definition) is 7. The van der Waals surface area contributed by atoms with Gasteiger partial charge in [0.25, 0.3) is 5.91 Å². The van der Waals surface area contributed by atoms with Gasteiger partial charge in [0.05, 0.1) is 0 Å². The number of aromatic carboxylic acids is 1. The smallest absolute Gasteiger partial charge is 0.357 e. The average Bonchev–Trinajstić information content (AvgIpc) is 3.20. The normalized spacial score (nSPS) is 14.9. The van der Waals surface area contributed by atoms with Crippen LogP contribution in [0.15, 0.2) is 42.6 Å². The average molecular weight is 456 g/mol. The number of anilines is 1. The molecule has 8 nitrogen and oxygen atoms in total. The van der Waals surface area contributed by atoms with Crippen LogP contribution < -0.4 is 5.32 Å². The number of carboxylic acid groups (broad SMARTS) is 1. The summed E-state index contributed by atoms with van der Waals surface area (Å²) in [6.07, 6.45) is 1.27. The molecule has 1 aliphatic heterocycles. The molecule has 0 unspecified atom stereocenters. The lowest BCUT2D eigenvalue weighted by Gasteiger charge is -2.32. The molecule has 0 radical (unpaired) electrons. The summed E-state index contributed by atoms with van der Waals surface area (Å²) in [5.41, 5.74) is 1.62. The number of carboxylic acids is 1. The standard InChI is InChI=1S/C22H22FN5O3S/c1-27-8-10-28(11-9-27)13-14-2-4-15(5-3-14)19(29)26-21-18(22(30)31)25-20(32-21)16-6-7-24-17(23)12-16/h2-7,12H,8-11,13H2,1H3,(H,26,29)(H,30,31). The van der Waals surface area contributed by atoms with Crippen LogP contribution in [0, 0.1) is 5.95 Å². The molecule has 0 atom stereocenters. The van der Waals surface area contributed by atoms with E-state index < -0.39 is 17.8 Å². The van der Waals surface area contributed by atoms with Crippen molar-refractivity contribution in [3.05, 3.63) is 65.4 Å². The van der Waals surface area contributed by atoms with Gasteiger partial charge in [0.15, 0.2) is 5.69 Å². The summed E-state index contributed by atoms with van der Waals surface area (Å²) in [4.78, 5) is 36.5. The monoisotopic (exact) mass is 455 g/mol. The molecule has 10 heteroatoms. The van der Waals surface area contributed by atoms with E-state index in [2.05, 4.69) is 32.1 Å². The van der Waals surface area contributed by atoms with E-state index in [0.29, 0.717) is 11.1 Å². The number of piperazine rings is 1. The van der Waals surface area contributed by atoms with Gasteiger partial charge in [-0.05, 0) is 30.8 Å². The Labute approximate surface area is 188 Å². The second-order valence-electron chi connectivity index (χ2n) is 7.60. The molecule has 2 aromatic heterocycles. The zero-order chi connectivity index (χ0) is 22.7. The zero-order valence-corrected chi connectivity index (χ0v) is 18.2. The van der Waals surface area contributed by atoms with Crippen LogP contribution in [0.1, 0.15) is 26.4 Å². The Hall–Kier alpha value is -3.21. The molecule has 4 rings (SSSR count). The Morgan fingerprint density at radius 1 is 1.16 bits per heavy atom. The lowest BCUT2D eigenvalue weighted by atomic mass is 10.1. The quantitative estimate of drug-likeness (QED) is 0.551. The number of carbonyl (C=O) groups is 2. The first-order valence-corrected chi connectivity index (χ1v) is 10.9. The van der Waals surface area contributed by atoms with Crippen molar-refractivity contribution < 1.29 is 19.1 Å². The van der Waals surface area contributed by atoms with Crippen LogP contribution in [0.2, 0.25) is 0 Å². The van der Waals surface area contributed by atoms with Crippen LogP contribution >= 0.6 is 11.3 Å². The van der Waals surface area contributed by atoms with E-state index in [-0.39, 0.29) is 15.7 Å². The molecule has 0 aliphatic carbocycles. The first-order chi connectivity index (χ1) is 15.4. The van der Waals surface area contributed by atoms with Crippen molar-refractivity contribution in [3.8, 4) is 10.6 Å². The number of pyridine rings is 1. The molecule has 1 fully saturated rings. The van der Waals surface area contributed by atoms with E-state index in [4.69, 9.17) is 0 Å². The third-order valence-corrected chi connectivity index (χ3v) is 6.27. The summed E-state index contributed by atoms with van der Waals surface area (Å²) in [6.45, 7) is 4.90. The fourth-order valence-electron chi connectivity index (χ4n) is 3.41. The van der Waals surface area contributed by atoms with E-state index in [0.717, 1.165) is 55.7 Å². The first kappa shape index (κ1) is 22.0. The molecule has 0 saturated carbocycles. The number of carbonyl (C=O) groups excluding carboxylic acids is 1. The van der Waals surface area contributed by atoms with Gasteiger partial charge in [-0.25, -0.2) is 14.8 Å². The molecule has 1 aliphatic rings. The summed E-state index contributed by atoms with van der Waals surface area (Å²) in [5, 5.41) is 12.5. The molecule has 0 spiro atoms. The van der Waals surface area contributed by atoms with Crippen LogP contribution in [0.25, 0.3) is 10.6 Å². The molecule has 1 amide bonds. The Kier molecular flexibility index (Phi) is 6.54. The fraction of sp³-hybridized carbons (Fsp3) is 0.273. The number of nitrogens with one attached hydrogen (secondary N) is 1. The van der Waals surface area contributed by atoms with Crippen molar-refractivity contribution in [1.29, 1.82) is 0 Å². The van der Waals surface area contributed by atoms with Gasteiger partial charge in [0.2, 0.25) is 5.95 Å². The minimum absolute atomic E-state index is 0.0937. The topological polar surface area (TPSA) is 98.7 Å². The molecule has 166 valence electrons. The van der Waals surface area contributed by atoms with E-state index >= 15 is 0 Å². The van der Waals surface area contributed by atoms with Crippen molar-refractivity contribution in [2.75, 3.05) is 38.5 Å². The van der Waals surface area contributed by atoms with E-state index in [1.165, 1.54) is 12.3 Å². The van der Waals surface area contributed by atoms with E-state index in [1.54, 1.807) is 12.1 Å². The van der Waals surface area contributed by atoms with Crippen LogP contribution in [0.5, 0.6) is 0 Å². The van der Waals surface area contributed by atoms with Crippen LogP contribution in [0.4, 0.5) is 9.39 Å². The summed E-state index contributed by atoms with van der Waals surface area (Å²) >= 11 is 0.970. The van der Waals surface area contributed by atoms with Gasteiger partial charge in [-0.3, -0.25) is 9.69 Å². The van der Waals surface area contributed by atoms with Gasteiger partial charge in [0.1, 0.15) is 10.0 Å². The predicted octanol–water partition coefficient (Wildman–Crippen LogP) is 3.04. The Morgan fingerprint density at radius 3 is 2.53 bits per heavy atom. The molecule has 1 saturated heterocycles. The van der Waals surface area contributed by atoms with Crippen LogP contribution in [0.3, 0.4) is 0 Å². The third kappa shape index (κ3) is 5.16. The highest BCUT2D eigenvalue weighted by Crippen LogP contribution is 2.32. The number of nitrogens with zero attached hydrogens (tertiary/aromatic N) is 4. The number of amides is 1. The highest BCUT2D eigenvalue weighted by Gasteiger charge is 2.21. The highest BCUT2D eigenvalue weighted by atomic mass is 32.1. The molecule has 3 aromatic rings. The number of rotatable bonds is 6. The molecule has 0 bridgehead atoms. The summed E-state index contributed by atoms with van der Waals surface area (Å²) in [7, 11) is 2.11. The minimum atomic E-state index is -1.28. The largest absolute Gasteiger partial charge is 0.476 e. The Bertz CT molecular complexity index is 1130. The number of hydrogen-bond donors (Lipinski definition) is 2. The van der Waals surface area contributed by atoms with Crippen molar-refractivity contribution >= 4 is 28.2 Å². The Balaban J connectivity index is 1.47. The van der Waals surface area contributed by atoms with Gasteiger partial charge in [-0.2, -0.15) is 4.39 Å². The van der Waals surface area contributed by atoms with Crippen LogP contribution in [-0.2, 0) is 6.54 Å². The van der Waals surface area contributed by atoms with E-state index in [9.17, 15) is 19.1 Å². The number of thiazole rings is 1. The molecular formula is C22H22FN5O3S. The molecule has 3 heterocycles. The van der Waals surface area contributed by atoms with Gasteiger partial charge in [-0.1, -0.05) is 23.5 Å². The van der Waals surface area contributed by atoms with Gasteiger partial charge in [-0.15, -0.1) is 0 Å². The second kappa shape index (κ2) is 9.51. The van der Waals surface area contributed by atoms with Gasteiger partial charge in [0, 0.05) is 56.1 Å². The fourth-order valence-corrected chi connectivity index (χ4v) is 4.36. The van der Waals surface area contributed by atoms with Crippen LogP contribution in [-0.4, -0.2) is 70.0 Å². The summed E-state index contributed by atoms with van der Waals surface area (Å²) in [6, 6.07) is 9.95. The lowest BCUT2D eigenvalue weighted by Crippen LogP contribution is -2.43. The first-order valence-electron chi connectivity index (χ1n) is 10.1. The van der Waals surface area contributed by atoms with Crippen molar-refractivity contribution in [1.82, 2.24) is 19.8 Å². The van der Waals surface area contributed by atoms with E-state index in [1.807, 2.05) is 12.1 Å². The summed E-state index contributed by atoms with van der Waals surface area (Å²) in [5.74, 6) is -2.41. The van der Waals surface area contributed by atoms with Crippen molar-refractivity contribution in [2.24, 2.45) is 0 Å². The highest BCUT2D eigenvalue weighted by molar-refractivity contribution is 7.19. The predicted molar refractivity (Wildman–Crippen MR) is 119 cm³/mol. The molecular weight excluding hydrogens is 433 g/mol.